The van der Waals surface area contributed by atoms with Crippen molar-refractivity contribution < 1.29 is 52.5 Å². The van der Waals surface area contributed by atoms with E-state index in [-0.39, 0.29) is 50.7 Å². The molecule has 0 unspecified atom stereocenters. The van der Waals surface area contributed by atoms with Crippen molar-refractivity contribution in [3.05, 3.63) is 24.3 Å². The van der Waals surface area contributed by atoms with Gasteiger partial charge in [-0.25, -0.2) is 33.7 Å². The number of hydrogen-bond donors (Lipinski definition) is 3. The van der Waals surface area contributed by atoms with E-state index in [4.69, 9.17) is 23.7 Å². The van der Waals surface area contributed by atoms with E-state index in [2.05, 4.69) is 29.1 Å². The van der Waals surface area contributed by atoms with Gasteiger partial charge in [0.1, 0.15) is 26.4 Å². The Bertz CT molecular complexity index is 972. The Morgan fingerprint density at radius 3 is 1.38 bits per heavy atom. The maximum atomic E-state index is 12.6. The number of unbranched alkanes of at least 4 members (excludes halogenated alkanes) is 6. The molecule has 0 aliphatic heterocycles. The molecule has 0 saturated carbocycles. The number of imide groups is 1. The molecule has 0 aliphatic carbocycles. The van der Waals surface area contributed by atoms with Crippen LogP contribution in [0, 0.1) is 0 Å². The van der Waals surface area contributed by atoms with E-state index in [1.807, 2.05) is 0 Å². The molecule has 0 aromatic heterocycles. The average molecular weight is 643 g/mol. The van der Waals surface area contributed by atoms with E-state index >= 15 is 0 Å². The van der Waals surface area contributed by atoms with Gasteiger partial charge in [0.2, 0.25) is 0 Å². The highest BCUT2D eigenvalue weighted by molar-refractivity contribution is 5.90. The fourth-order valence-electron chi connectivity index (χ4n) is 3.39. The minimum Gasteiger partial charge on any atom is -0.459 e. The van der Waals surface area contributed by atoms with Crippen LogP contribution in [0.25, 0.3) is 0 Å². The zero-order valence-electron chi connectivity index (χ0n) is 26.9. The van der Waals surface area contributed by atoms with Crippen molar-refractivity contribution in [2.24, 2.45) is 0 Å². The predicted molar refractivity (Wildman–Crippen MR) is 164 cm³/mol. The quantitative estimate of drug-likeness (QED) is 0.0633. The minimum absolute atomic E-state index is 0.0450. The summed E-state index contributed by atoms with van der Waals surface area (Å²) >= 11 is 0. The molecule has 0 spiro atoms. The standard InChI is InChI=1S/C30H50N4O11/c1-6-41-30(40)34(18-14-10-9-13-17-33-29(39)45-22-20-43-26(36)24(4)5)27(37)31-15-11-7-8-12-16-32-28(38)44-21-19-42-25(35)23(2)3/h2,4,6-22H2,1,3,5H3,(H,31,37)(H,32,38)(H,33,39). The Balaban J connectivity index is 4.00. The number of nitrogens with zero attached hydrogens (tertiary/aromatic N) is 1. The Hall–Kier alpha value is -4.30. The molecule has 45 heavy (non-hydrogen) atoms. The second kappa shape index (κ2) is 26.1. The zero-order chi connectivity index (χ0) is 33.9. The van der Waals surface area contributed by atoms with Crippen molar-refractivity contribution in [2.75, 3.05) is 59.2 Å². The lowest BCUT2D eigenvalue weighted by atomic mass is 10.2. The van der Waals surface area contributed by atoms with Crippen LogP contribution in [-0.2, 0) is 33.3 Å². The Labute approximate surface area is 265 Å². The van der Waals surface area contributed by atoms with Crippen LogP contribution in [0.3, 0.4) is 0 Å². The van der Waals surface area contributed by atoms with Gasteiger partial charge in [0.25, 0.3) is 0 Å². The average Bonchev–Trinajstić information content (AvgIpc) is 2.99. The molecule has 0 aromatic rings. The molecule has 5 amide bonds. The molecule has 15 nitrogen and oxygen atoms in total. The normalized spacial score (nSPS) is 10.1. The fourth-order valence-corrected chi connectivity index (χ4v) is 3.39. The molecule has 256 valence electrons. The van der Waals surface area contributed by atoms with Crippen LogP contribution in [0.15, 0.2) is 24.3 Å². The highest BCUT2D eigenvalue weighted by Crippen LogP contribution is 2.05. The van der Waals surface area contributed by atoms with Crippen LogP contribution >= 0.6 is 0 Å². The van der Waals surface area contributed by atoms with Gasteiger partial charge in [-0.2, -0.15) is 0 Å². The number of esters is 2. The first-order valence-electron chi connectivity index (χ1n) is 15.2. The summed E-state index contributed by atoms with van der Waals surface area (Å²) in [7, 11) is 0. The highest BCUT2D eigenvalue weighted by Gasteiger charge is 2.21. The van der Waals surface area contributed by atoms with Crippen molar-refractivity contribution in [3.63, 3.8) is 0 Å². The first-order chi connectivity index (χ1) is 21.5. The van der Waals surface area contributed by atoms with Gasteiger partial charge >= 0.3 is 36.2 Å². The van der Waals surface area contributed by atoms with E-state index in [0.29, 0.717) is 45.3 Å². The van der Waals surface area contributed by atoms with Gasteiger partial charge in [0.05, 0.1) is 6.61 Å². The van der Waals surface area contributed by atoms with E-state index in [1.54, 1.807) is 6.92 Å². The van der Waals surface area contributed by atoms with Crippen LogP contribution in [0.2, 0.25) is 0 Å². The molecule has 0 heterocycles. The summed E-state index contributed by atoms with van der Waals surface area (Å²) in [5.74, 6) is -1.08. The maximum Gasteiger partial charge on any atom is 0.417 e. The second-order valence-electron chi connectivity index (χ2n) is 9.87. The van der Waals surface area contributed by atoms with Crippen LogP contribution in [0.1, 0.15) is 72.1 Å². The number of amides is 5. The number of rotatable bonds is 23. The molecular formula is C30H50N4O11. The first kappa shape index (κ1) is 40.7. The number of ether oxygens (including phenoxy) is 5. The van der Waals surface area contributed by atoms with Gasteiger partial charge in [-0.3, -0.25) is 0 Å². The van der Waals surface area contributed by atoms with Gasteiger partial charge in [0, 0.05) is 37.3 Å². The topological polar surface area (TPSA) is 188 Å². The zero-order valence-corrected chi connectivity index (χ0v) is 26.9. The summed E-state index contributed by atoms with van der Waals surface area (Å²) in [5.41, 5.74) is 0.535. The van der Waals surface area contributed by atoms with Crippen LogP contribution in [0.4, 0.5) is 19.2 Å². The Kier molecular flexibility index (Phi) is 23.6. The molecular weight excluding hydrogens is 592 g/mol. The molecule has 0 atom stereocenters. The summed E-state index contributed by atoms with van der Waals surface area (Å²) in [6.45, 7) is 12.9. The fraction of sp³-hybridized carbons (Fsp3) is 0.667. The molecule has 0 rings (SSSR count). The van der Waals surface area contributed by atoms with Gasteiger partial charge < -0.3 is 39.6 Å². The van der Waals surface area contributed by atoms with Crippen LogP contribution in [-0.4, -0.2) is 100 Å². The molecule has 0 bridgehead atoms. The number of carbonyl (C=O) groups excluding carboxylic acids is 6. The Morgan fingerprint density at radius 1 is 0.556 bits per heavy atom. The number of nitrogens with one attached hydrogen (secondary N) is 3. The molecule has 0 aromatic carbocycles. The molecule has 15 heteroatoms. The third kappa shape index (κ3) is 22.8. The molecule has 0 aliphatic rings. The van der Waals surface area contributed by atoms with Crippen molar-refractivity contribution in [1.82, 2.24) is 20.9 Å². The van der Waals surface area contributed by atoms with Crippen molar-refractivity contribution in [1.29, 1.82) is 0 Å². The van der Waals surface area contributed by atoms with Crippen molar-refractivity contribution in [3.8, 4) is 0 Å². The lowest BCUT2D eigenvalue weighted by Crippen LogP contribution is -2.44. The van der Waals surface area contributed by atoms with E-state index in [9.17, 15) is 28.8 Å². The molecule has 3 N–H and O–H groups in total. The predicted octanol–water partition coefficient (Wildman–Crippen LogP) is 3.97. The van der Waals surface area contributed by atoms with Crippen LogP contribution < -0.4 is 16.0 Å². The molecule has 0 saturated heterocycles. The van der Waals surface area contributed by atoms with Gasteiger partial charge in [-0.05, 0) is 46.5 Å². The lowest BCUT2D eigenvalue weighted by molar-refractivity contribution is -0.140. The second-order valence-corrected chi connectivity index (χ2v) is 9.87. The SMILES string of the molecule is C=C(C)C(=O)OCCOC(=O)NCCCCCCNC(=O)N(CCCCCCNC(=O)OCCOC(=O)C(=C)C)C(=O)OCC. The third-order valence-electron chi connectivity index (χ3n) is 5.76. The maximum absolute atomic E-state index is 12.6. The summed E-state index contributed by atoms with van der Waals surface area (Å²) in [5, 5.41) is 7.96. The van der Waals surface area contributed by atoms with E-state index < -0.39 is 36.2 Å². The highest BCUT2D eigenvalue weighted by atomic mass is 16.6. The first-order valence-corrected chi connectivity index (χ1v) is 15.2. The van der Waals surface area contributed by atoms with Gasteiger partial charge in [0.15, 0.2) is 0 Å². The lowest BCUT2D eigenvalue weighted by Gasteiger charge is -2.20. The number of alkyl carbamates (subject to hydrolysis) is 2. The van der Waals surface area contributed by atoms with Crippen LogP contribution in [0.5, 0.6) is 0 Å². The van der Waals surface area contributed by atoms with Gasteiger partial charge in [-0.15, -0.1) is 0 Å². The van der Waals surface area contributed by atoms with Crippen molar-refractivity contribution >= 4 is 36.2 Å². The minimum atomic E-state index is -0.708. The summed E-state index contributed by atoms with van der Waals surface area (Å²) in [6, 6.07) is -0.523. The van der Waals surface area contributed by atoms with E-state index in [1.165, 1.54) is 13.8 Å². The number of carbonyl (C=O) groups is 6. The summed E-state index contributed by atoms with van der Waals surface area (Å²) < 4.78 is 24.5. The Morgan fingerprint density at radius 2 is 0.956 bits per heavy atom. The monoisotopic (exact) mass is 642 g/mol. The van der Waals surface area contributed by atoms with E-state index in [0.717, 1.165) is 30.6 Å². The van der Waals surface area contributed by atoms with Gasteiger partial charge in [-0.1, -0.05) is 38.8 Å². The largest absolute Gasteiger partial charge is 0.459 e. The third-order valence-corrected chi connectivity index (χ3v) is 5.76. The molecule has 0 fully saturated rings. The number of urea groups is 1. The summed E-state index contributed by atoms with van der Waals surface area (Å²) in [6.07, 6.45) is 3.83. The molecule has 0 radical (unpaired) electrons. The number of hydrogen-bond acceptors (Lipinski definition) is 11. The van der Waals surface area contributed by atoms with Crippen molar-refractivity contribution in [2.45, 2.75) is 72.1 Å². The summed E-state index contributed by atoms with van der Waals surface area (Å²) in [4.78, 5) is 71.7. The smallest absolute Gasteiger partial charge is 0.417 e.